The maximum atomic E-state index is 5.75. The highest BCUT2D eigenvalue weighted by Gasteiger charge is 2.20. The van der Waals surface area contributed by atoms with Gasteiger partial charge in [-0.15, -0.1) is 0 Å². The fraction of sp³-hybridized carbons (Fsp3) is 0.667. The van der Waals surface area contributed by atoms with E-state index >= 15 is 0 Å². The van der Waals surface area contributed by atoms with E-state index in [0.717, 1.165) is 31.1 Å². The average molecular weight is 240 g/mol. The Morgan fingerprint density at radius 1 is 1.44 bits per heavy atom. The lowest BCUT2D eigenvalue weighted by molar-refractivity contribution is 0.285. The summed E-state index contributed by atoms with van der Waals surface area (Å²) in [5.41, 5.74) is 0. The van der Waals surface area contributed by atoms with Gasteiger partial charge in [0.1, 0.15) is 5.82 Å². The molecular weight excluding hydrogens is 222 g/mol. The lowest BCUT2D eigenvalue weighted by Crippen LogP contribution is -2.40. The highest BCUT2D eigenvalue weighted by atomic mass is 35.5. The van der Waals surface area contributed by atoms with Gasteiger partial charge in [-0.2, -0.15) is 0 Å². The van der Waals surface area contributed by atoms with Crippen LogP contribution in [-0.2, 0) is 6.42 Å². The molecule has 2 heterocycles. The van der Waals surface area contributed by atoms with Crippen molar-refractivity contribution in [2.75, 3.05) is 6.54 Å². The second kappa shape index (κ2) is 5.60. The van der Waals surface area contributed by atoms with Crippen LogP contribution in [0.2, 0.25) is 5.02 Å². The number of halogens is 1. The molecule has 4 heteroatoms. The summed E-state index contributed by atoms with van der Waals surface area (Å²) in [6.45, 7) is 3.47. The Bertz CT molecular complexity index is 326. The van der Waals surface area contributed by atoms with Gasteiger partial charge in [0, 0.05) is 24.9 Å². The molecule has 1 aromatic heterocycles. The molecule has 1 saturated heterocycles. The van der Waals surface area contributed by atoms with Crippen LogP contribution in [0, 0.1) is 5.92 Å². The fourth-order valence-electron chi connectivity index (χ4n) is 2.25. The molecule has 1 aliphatic heterocycles. The first kappa shape index (κ1) is 11.8. The van der Waals surface area contributed by atoms with E-state index in [4.69, 9.17) is 11.6 Å². The van der Waals surface area contributed by atoms with E-state index in [2.05, 4.69) is 22.2 Å². The number of aromatic nitrogens is 2. The molecule has 1 N–H and O–H groups in total. The van der Waals surface area contributed by atoms with Crippen molar-refractivity contribution < 1.29 is 0 Å². The number of aryl methyl sites for hydroxylation is 1. The summed E-state index contributed by atoms with van der Waals surface area (Å²) in [6.07, 6.45) is 8.01. The van der Waals surface area contributed by atoms with Gasteiger partial charge in [0.15, 0.2) is 0 Å². The third kappa shape index (κ3) is 3.16. The minimum Gasteiger partial charge on any atom is -0.314 e. The van der Waals surface area contributed by atoms with Crippen molar-refractivity contribution >= 4 is 11.6 Å². The van der Waals surface area contributed by atoms with Gasteiger partial charge in [0.05, 0.1) is 5.02 Å². The lowest BCUT2D eigenvalue weighted by atomic mass is 9.90. The zero-order valence-corrected chi connectivity index (χ0v) is 10.4. The minimum atomic E-state index is 0.605. The van der Waals surface area contributed by atoms with Gasteiger partial charge in [-0.1, -0.05) is 18.5 Å². The predicted molar refractivity (Wildman–Crippen MR) is 65.6 cm³/mol. The molecule has 0 radical (unpaired) electrons. The molecule has 0 unspecified atom stereocenters. The van der Waals surface area contributed by atoms with Crippen LogP contribution in [0.3, 0.4) is 0 Å². The quantitative estimate of drug-likeness (QED) is 0.881. The smallest absolute Gasteiger partial charge is 0.128 e. The van der Waals surface area contributed by atoms with Crippen LogP contribution < -0.4 is 5.32 Å². The maximum absolute atomic E-state index is 5.75. The molecule has 1 fully saturated rings. The molecule has 1 aromatic rings. The van der Waals surface area contributed by atoms with Crippen LogP contribution in [0.4, 0.5) is 0 Å². The third-order valence-corrected chi connectivity index (χ3v) is 3.48. The zero-order valence-electron chi connectivity index (χ0n) is 9.62. The number of nitrogens with one attached hydrogen (secondary N) is 1. The van der Waals surface area contributed by atoms with Crippen LogP contribution in [0.1, 0.15) is 32.0 Å². The first-order valence-electron chi connectivity index (χ1n) is 5.95. The largest absolute Gasteiger partial charge is 0.314 e. The Morgan fingerprint density at radius 3 is 2.88 bits per heavy atom. The summed E-state index contributed by atoms with van der Waals surface area (Å²) in [4.78, 5) is 8.43. The lowest BCUT2D eigenvalue weighted by Gasteiger charge is -2.29. The molecule has 0 amide bonds. The molecule has 0 saturated carbocycles. The van der Waals surface area contributed by atoms with Crippen molar-refractivity contribution in [1.82, 2.24) is 15.3 Å². The fourth-order valence-corrected chi connectivity index (χ4v) is 2.35. The first-order chi connectivity index (χ1) is 7.75. The summed E-state index contributed by atoms with van der Waals surface area (Å²) in [5.74, 6) is 1.66. The van der Waals surface area contributed by atoms with E-state index in [0.29, 0.717) is 11.1 Å². The topological polar surface area (TPSA) is 37.8 Å². The number of rotatable bonds is 3. The summed E-state index contributed by atoms with van der Waals surface area (Å²) in [6, 6.07) is 0.619. The van der Waals surface area contributed by atoms with Crippen molar-refractivity contribution in [3.05, 3.63) is 23.2 Å². The van der Waals surface area contributed by atoms with E-state index in [1.165, 1.54) is 12.8 Å². The van der Waals surface area contributed by atoms with Crippen LogP contribution in [0.25, 0.3) is 0 Å². The zero-order chi connectivity index (χ0) is 11.4. The molecule has 2 rings (SSSR count). The standard InChI is InChI=1S/C12H18ClN3/c1-9-3-2-6-14-11(9)4-5-12-15-7-10(13)8-16-12/h7-9,11,14H,2-6H2,1H3/t9-,11-/m1/s1. The van der Waals surface area contributed by atoms with E-state index in [-0.39, 0.29) is 0 Å². The van der Waals surface area contributed by atoms with E-state index in [1.54, 1.807) is 12.4 Å². The van der Waals surface area contributed by atoms with E-state index in [1.807, 2.05) is 0 Å². The highest BCUT2D eigenvalue weighted by Crippen LogP contribution is 2.19. The van der Waals surface area contributed by atoms with Gasteiger partial charge in [0.25, 0.3) is 0 Å². The van der Waals surface area contributed by atoms with Crippen LogP contribution in [-0.4, -0.2) is 22.6 Å². The van der Waals surface area contributed by atoms with Crippen molar-refractivity contribution in [3.8, 4) is 0 Å². The van der Waals surface area contributed by atoms with Crippen LogP contribution in [0.15, 0.2) is 12.4 Å². The normalized spacial score (nSPS) is 25.6. The Hall–Kier alpha value is -0.670. The minimum absolute atomic E-state index is 0.605. The summed E-state index contributed by atoms with van der Waals surface area (Å²) >= 11 is 5.75. The van der Waals surface area contributed by atoms with Gasteiger partial charge >= 0.3 is 0 Å². The molecule has 0 aromatic carbocycles. The summed E-state index contributed by atoms with van der Waals surface area (Å²) in [7, 11) is 0. The molecule has 3 nitrogen and oxygen atoms in total. The molecule has 16 heavy (non-hydrogen) atoms. The summed E-state index contributed by atoms with van der Waals surface area (Å²) < 4.78 is 0. The van der Waals surface area contributed by atoms with Gasteiger partial charge in [-0.3, -0.25) is 0 Å². The molecule has 2 atom stereocenters. The molecule has 88 valence electrons. The number of hydrogen-bond acceptors (Lipinski definition) is 3. The number of piperidine rings is 1. The molecule has 0 aliphatic carbocycles. The van der Waals surface area contributed by atoms with Gasteiger partial charge in [-0.05, 0) is 31.7 Å². The van der Waals surface area contributed by atoms with E-state index in [9.17, 15) is 0 Å². The third-order valence-electron chi connectivity index (χ3n) is 3.28. The van der Waals surface area contributed by atoms with Gasteiger partial charge < -0.3 is 5.32 Å². The monoisotopic (exact) mass is 239 g/mol. The van der Waals surface area contributed by atoms with Gasteiger partial charge in [-0.25, -0.2) is 9.97 Å². The highest BCUT2D eigenvalue weighted by molar-refractivity contribution is 6.30. The van der Waals surface area contributed by atoms with Crippen LogP contribution in [0.5, 0.6) is 0 Å². The molecular formula is C12H18ClN3. The summed E-state index contributed by atoms with van der Waals surface area (Å²) in [5, 5.41) is 4.17. The number of hydrogen-bond donors (Lipinski definition) is 1. The predicted octanol–water partition coefficient (Wildman–Crippen LogP) is 2.45. The van der Waals surface area contributed by atoms with Crippen molar-refractivity contribution in [3.63, 3.8) is 0 Å². The Kier molecular flexibility index (Phi) is 4.13. The van der Waals surface area contributed by atoms with Crippen molar-refractivity contribution in [1.29, 1.82) is 0 Å². The Labute approximate surface area is 102 Å². The molecule has 0 bridgehead atoms. The average Bonchev–Trinajstić information content (AvgIpc) is 2.30. The number of nitrogens with zero attached hydrogens (tertiary/aromatic N) is 2. The van der Waals surface area contributed by atoms with Crippen molar-refractivity contribution in [2.24, 2.45) is 5.92 Å². The van der Waals surface area contributed by atoms with Gasteiger partial charge in [0.2, 0.25) is 0 Å². The van der Waals surface area contributed by atoms with E-state index < -0.39 is 0 Å². The molecule has 1 aliphatic rings. The Morgan fingerprint density at radius 2 is 2.19 bits per heavy atom. The SMILES string of the molecule is C[C@@H]1CCCN[C@@H]1CCc1ncc(Cl)cn1. The first-order valence-corrected chi connectivity index (χ1v) is 6.33. The van der Waals surface area contributed by atoms with Crippen LogP contribution >= 0.6 is 11.6 Å². The second-order valence-corrected chi connectivity index (χ2v) is 4.97. The second-order valence-electron chi connectivity index (χ2n) is 4.54. The van der Waals surface area contributed by atoms with Crippen molar-refractivity contribution in [2.45, 2.75) is 38.6 Å². The Balaban J connectivity index is 1.84. The maximum Gasteiger partial charge on any atom is 0.128 e. The molecule has 0 spiro atoms.